The molecule has 1 aliphatic rings. The van der Waals surface area contributed by atoms with Gasteiger partial charge in [0.2, 0.25) is 0 Å². The second kappa shape index (κ2) is 10.3. The summed E-state index contributed by atoms with van der Waals surface area (Å²) >= 11 is 12.3. The number of aliphatic carboxylic acids is 1. The molecule has 0 bridgehead atoms. The third kappa shape index (κ3) is 6.09. The molecule has 1 amide bonds. The number of rotatable bonds is 8. The second-order valence-corrected chi connectivity index (χ2v) is 7.70. The second-order valence-electron chi connectivity index (χ2n) is 6.89. The number of carbonyl (C=O) groups is 2. The Hall–Kier alpha value is -2.36. The lowest BCUT2D eigenvalue weighted by atomic mass is 10.1. The van der Waals surface area contributed by atoms with Crippen LogP contribution in [0.1, 0.15) is 18.1 Å². The summed E-state index contributed by atoms with van der Waals surface area (Å²) in [7, 11) is 0. The van der Waals surface area contributed by atoms with Crippen molar-refractivity contribution in [2.24, 2.45) is 0 Å². The van der Waals surface area contributed by atoms with E-state index in [1.165, 1.54) is 6.92 Å². The summed E-state index contributed by atoms with van der Waals surface area (Å²) in [5, 5.41) is 22.5. The van der Waals surface area contributed by atoms with Crippen LogP contribution < -0.4 is 10.1 Å². The van der Waals surface area contributed by atoms with Crippen molar-refractivity contribution < 1.29 is 34.0 Å². The molecule has 1 aliphatic heterocycles. The summed E-state index contributed by atoms with van der Waals surface area (Å²) in [6, 6.07) is 10.7. The number of amides is 1. The van der Waals surface area contributed by atoms with E-state index in [1.54, 1.807) is 42.5 Å². The number of aliphatic hydroxyl groups is 1. The number of benzene rings is 2. The average Bonchev–Trinajstić information content (AvgIpc) is 3.06. The molecule has 1 fully saturated rings. The molecular formula is C21H21Cl2NO7. The maximum absolute atomic E-state index is 12.3. The zero-order valence-corrected chi connectivity index (χ0v) is 18.0. The van der Waals surface area contributed by atoms with E-state index in [2.05, 4.69) is 5.32 Å². The van der Waals surface area contributed by atoms with Crippen LogP contribution in [0, 0.1) is 0 Å². The van der Waals surface area contributed by atoms with Gasteiger partial charge < -0.3 is 29.7 Å². The molecule has 1 heterocycles. The van der Waals surface area contributed by atoms with E-state index < -0.39 is 36.6 Å². The summed E-state index contributed by atoms with van der Waals surface area (Å²) in [4.78, 5) is 23.8. The summed E-state index contributed by atoms with van der Waals surface area (Å²) < 4.78 is 15.8. The van der Waals surface area contributed by atoms with Crippen molar-refractivity contribution in [1.82, 2.24) is 5.32 Å². The lowest BCUT2D eigenvalue weighted by molar-refractivity contribution is -0.145. The predicted octanol–water partition coefficient (Wildman–Crippen LogP) is 2.76. The molecule has 0 aliphatic carbocycles. The molecule has 0 aromatic heterocycles. The molecule has 2 unspecified atom stereocenters. The number of carbonyl (C=O) groups excluding carboxylic acids is 1. The molecule has 8 nitrogen and oxygen atoms in total. The Kier molecular flexibility index (Phi) is 7.74. The van der Waals surface area contributed by atoms with Gasteiger partial charge in [-0.1, -0.05) is 41.4 Å². The van der Waals surface area contributed by atoms with Crippen LogP contribution in [0.25, 0.3) is 0 Å². The van der Waals surface area contributed by atoms with Crippen molar-refractivity contribution in [3.05, 3.63) is 63.6 Å². The van der Waals surface area contributed by atoms with E-state index >= 15 is 0 Å². The van der Waals surface area contributed by atoms with Crippen LogP contribution in [0.2, 0.25) is 10.0 Å². The first kappa shape index (κ1) is 23.3. The molecule has 3 N–H and O–H groups in total. The number of aliphatic hydroxyl groups excluding tert-OH is 1. The highest BCUT2D eigenvalue weighted by Crippen LogP contribution is 2.26. The highest BCUT2D eigenvalue weighted by Gasteiger charge is 2.39. The first-order valence-electron chi connectivity index (χ1n) is 9.41. The fourth-order valence-corrected chi connectivity index (χ4v) is 3.51. The maximum Gasteiger partial charge on any atom is 0.326 e. The first-order chi connectivity index (χ1) is 14.7. The quantitative estimate of drug-likeness (QED) is 0.544. The number of nitrogens with one attached hydrogen (secondary N) is 1. The molecule has 0 saturated carbocycles. The zero-order chi connectivity index (χ0) is 22.5. The van der Waals surface area contributed by atoms with Gasteiger partial charge in [0.05, 0.1) is 0 Å². The lowest BCUT2D eigenvalue weighted by Crippen LogP contribution is -2.49. The van der Waals surface area contributed by atoms with E-state index in [-0.39, 0.29) is 13.0 Å². The molecule has 0 spiro atoms. The Morgan fingerprint density at radius 1 is 1.13 bits per heavy atom. The number of halogens is 2. The molecular weight excluding hydrogens is 449 g/mol. The van der Waals surface area contributed by atoms with Gasteiger partial charge in [-0.2, -0.15) is 0 Å². The molecule has 2 aromatic carbocycles. The normalized spacial score (nSPS) is 21.5. The molecule has 3 rings (SSSR count). The van der Waals surface area contributed by atoms with Crippen molar-refractivity contribution in [3.8, 4) is 5.75 Å². The van der Waals surface area contributed by atoms with E-state index in [4.69, 9.17) is 37.4 Å². The predicted molar refractivity (Wildman–Crippen MR) is 112 cm³/mol. The van der Waals surface area contributed by atoms with Gasteiger partial charge in [0.25, 0.3) is 5.91 Å². The maximum atomic E-state index is 12.3. The average molecular weight is 470 g/mol. The van der Waals surface area contributed by atoms with Crippen molar-refractivity contribution in [2.75, 3.05) is 0 Å². The minimum Gasteiger partial charge on any atom is -0.489 e. The highest BCUT2D eigenvalue weighted by molar-refractivity contribution is 6.35. The Bertz CT molecular complexity index is 918. The number of hydrogen-bond acceptors (Lipinski definition) is 6. The van der Waals surface area contributed by atoms with Crippen molar-refractivity contribution >= 4 is 35.1 Å². The van der Waals surface area contributed by atoms with Crippen molar-refractivity contribution in [1.29, 1.82) is 0 Å². The Labute approximate surface area is 188 Å². The third-order valence-electron chi connectivity index (χ3n) is 4.61. The molecule has 4 atom stereocenters. The number of carboxylic acids is 1. The van der Waals surface area contributed by atoms with Gasteiger partial charge in [-0.15, -0.1) is 0 Å². The van der Waals surface area contributed by atoms with Gasteiger partial charge in [0.15, 0.2) is 18.7 Å². The topological polar surface area (TPSA) is 114 Å². The number of ether oxygens (including phenoxy) is 3. The Morgan fingerprint density at radius 3 is 2.32 bits per heavy atom. The van der Waals surface area contributed by atoms with E-state index in [1.807, 2.05) is 0 Å². The zero-order valence-electron chi connectivity index (χ0n) is 16.5. The van der Waals surface area contributed by atoms with Crippen LogP contribution in [0.4, 0.5) is 0 Å². The molecule has 31 heavy (non-hydrogen) atoms. The minimum atomic E-state index is -1.45. The van der Waals surface area contributed by atoms with Crippen LogP contribution in [0.3, 0.4) is 0 Å². The smallest absolute Gasteiger partial charge is 0.326 e. The molecule has 0 radical (unpaired) electrons. The van der Waals surface area contributed by atoms with Gasteiger partial charge in [0.1, 0.15) is 18.4 Å². The van der Waals surface area contributed by atoms with E-state index in [0.29, 0.717) is 26.9 Å². The standard InChI is InChI=1S/C21H21Cl2NO7/c1-11-30-18(21(28)31-11)19(25)24-17(20(26)27)9-12-5-7-13(8-6-12)29-10-14-15(22)3-2-4-16(14)23/h2-8,11,17-18,21,28H,9-10H2,1H3,(H,24,25)(H,26,27)/t11?,17?,18-,21-/m0/s1. The molecule has 2 aromatic rings. The largest absolute Gasteiger partial charge is 0.489 e. The lowest BCUT2D eigenvalue weighted by Gasteiger charge is -2.18. The summed E-state index contributed by atoms with van der Waals surface area (Å²) in [6.45, 7) is 1.70. The third-order valence-corrected chi connectivity index (χ3v) is 5.32. The van der Waals surface area contributed by atoms with Crippen LogP contribution in [-0.4, -0.2) is 46.8 Å². The fourth-order valence-electron chi connectivity index (χ4n) is 3.00. The van der Waals surface area contributed by atoms with Gasteiger partial charge in [-0.25, -0.2) is 4.79 Å². The summed E-state index contributed by atoms with van der Waals surface area (Å²) in [5.74, 6) is -1.44. The minimum absolute atomic E-state index is 0.0247. The fraction of sp³-hybridized carbons (Fsp3) is 0.333. The van der Waals surface area contributed by atoms with Gasteiger partial charge in [0, 0.05) is 22.0 Å². The highest BCUT2D eigenvalue weighted by atomic mass is 35.5. The van der Waals surface area contributed by atoms with Gasteiger partial charge in [-0.05, 0) is 36.8 Å². The van der Waals surface area contributed by atoms with E-state index in [0.717, 1.165) is 0 Å². The van der Waals surface area contributed by atoms with E-state index in [9.17, 15) is 19.8 Å². The SMILES string of the molecule is CC1O[C@H](O)[C@H](C(=O)NC(Cc2ccc(OCc3c(Cl)cccc3Cl)cc2)C(=O)O)O1. The Balaban J connectivity index is 1.59. The monoisotopic (exact) mass is 469 g/mol. The Morgan fingerprint density at radius 2 is 1.77 bits per heavy atom. The number of carboxylic acid groups (broad SMARTS) is 1. The van der Waals surface area contributed by atoms with Gasteiger partial charge in [-0.3, -0.25) is 4.79 Å². The van der Waals surface area contributed by atoms with Crippen molar-refractivity contribution in [2.45, 2.75) is 44.7 Å². The van der Waals surface area contributed by atoms with Gasteiger partial charge >= 0.3 is 5.97 Å². The first-order valence-corrected chi connectivity index (χ1v) is 10.2. The summed E-state index contributed by atoms with van der Waals surface area (Å²) in [6.07, 6.45) is -3.48. The van der Waals surface area contributed by atoms with Crippen LogP contribution in [0.15, 0.2) is 42.5 Å². The molecule has 10 heteroatoms. The van der Waals surface area contributed by atoms with Crippen LogP contribution in [0.5, 0.6) is 5.75 Å². The van der Waals surface area contributed by atoms with Crippen molar-refractivity contribution in [3.63, 3.8) is 0 Å². The number of hydrogen-bond donors (Lipinski definition) is 3. The molecule has 166 valence electrons. The molecule has 1 saturated heterocycles. The summed E-state index contributed by atoms with van der Waals surface area (Å²) in [5.41, 5.74) is 1.33. The van der Waals surface area contributed by atoms with Crippen LogP contribution >= 0.6 is 23.2 Å². The van der Waals surface area contributed by atoms with Crippen LogP contribution in [-0.2, 0) is 32.1 Å².